The molecule has 0 fully saturated rings. The second-order valence-electron chi connectivity index (χ2n) is 7.64. The number of carboxylic acid groups (broad SMARTS) is 2. The molecule has 182 valence electrons. The summed E-state index contributed by atoms with van der Waals surface area (Å²) in [6, 6.07) is 5.94. The summed E-state index contributed by atoms with van der Waals surface area (Å²) in [5, 5.41) is 31.0. The van der Waals surface area contributed by atoms with Crippen LogP contribution in [0.3, 0.4) is 0 Å². The third-order valence-electron chi connectivity index (χ3n) is 4.91. The van der Waals surface area contributed by atoms with Crippen molar-refractivity contribution in [2.45, 2.75) is 0 Å². The van der Waals surface area contributed by atoms with E-state index >= 15 is 0 Å². The maximum absolute atomic E-state index is 13.0. The minimum Gasteiger partial charge on any atom is -0.507 e. The summed E-state index contributed by atoms with van der Waals surface area (Å²) in [6.07, 6.45) is 3.00. The molecule has 0 radical (unpaired) electrons. The van der Waals surface area contributed by atoms with Crippen molar-refractivity contribution in [3.05, 3.63) is 65.1 Å². The van der Waals surface area contributed by atoms with Crippen LogP contribution in [0.2, 0.25) is 0 Å². The van der Waals surface area contributed by atoms with Crippen molar-refractivity contribution >= 4 is 29.5 Å². The number of carbonyl (C=O) groups excluding carboxylic acids is 2. The molecule has 0 saturated heterocycles. The number of nitrogens with one attached hydrogen (secondary N) is 2. The first kappa shape index (κ1) is 24.9. The number of aromatic nitrogens is 2. The molecule has 0 bridgehead atoms. The van der Waals surface area contributed by atoms with Gasteiger partial charge < -0.3 is 35.3 Å². The highest BCUT2D eigenvalue weighted by Crippen LogP contribution is 2.27. The molecule has 0 saturated carbocycles. The van der Waals surface area contributed by atoms with E-state index in [9.17, 15) is 29.4 Å². The number of aromatic carboxylic acids is 2. The SMILES string of the molecule is CN(C)CCOC(=O)c1cc(-c2cnc[nH]2)ccc1NC(=O)c1cc(O)c(C(=O)O)cc1C(=O)O. The number of nitrogens with zero attached hydrogens (tertiary/aromatic N) is 2. The topological polar surface area (TPSA) is 182 Å². The number of esters is 1. The molecule has 0 aliphatic carbocycles. The molecule has 0 spiro atoms. The van der Waals surface area contributed by atoms with Crippen LogP contribution in [0.5, 0.6) is 5.75 Å². The first-order valence-corrected chi connectivity index (χ1v) is 10.2. The highest BCUT2D eigenvalue weighted by molar-refractivity contribution is 6.14. The van der Waals surface area contributed by atoms with E-state index in [0.717, 1.165) is 6.07 Å². The lowest BCUT2D eigenvalue weighted by Gasteiger charge is -2.15. The van der Waals surface area contributed by atoms with Crippen molar-refractivity contribution in [3.63, 3.8) is 0 Å². The van der Waals surface area contributed by atoms with Crippen LogP contribution in [0, 0.1) is 0 Å². The number of imidazole rings is 1. The van der Waals surface area contributed by atoms with Gasteiger partial charge in [-0.25, -0.2) is 19.4 Å². The van der Waals surface area contributed by atoms with Gasteiger partial charge in [0.1, 0.15) is 17.9 Å². The standard InChI is InChI=1S/C23H22N4O8/c1-27(2)5-6-35-23(34)15-7-12(18-10-24-11-25-18)3-4-17(15)26-20(29)13-9-19(28)16(22(32)33)8-14(13)21(30)31/h3-4,7-11,28H,5-6H2,1-2H3,(H,24,25)(H,26,29)(H,30,31)(H,32,33). The second-order valence-corrected chi connectivity index (χ2v) is 7.64. The van der Waals surface area contributed by atoms with Crippen molar-refractivity contribution in [1.82, 2.24) is 14.9 Å². The fourth-order valence-electron chi connectivity index (χ4n) is 3.12. The summed E-state index contributed by atoms with van der Waals surface area (Å²) in [6.45, 7) is 0.548. The molecule has 1 amide bonds. The summed E-state index contributed by atoms with van der Waals surface area (Å²) in [5.41, 5.74) is -0.611. The molecule has 0 unspecified atom stereocenters. The number of hydrogen-bond acceptors (Lipinski definition) is 8. The van der Waals surface area contributed by atoms with Crippen LogP contribution >= 0.6 is 0 Å². The van der Waals surface area contributed by atoms with Gasteiger partial charge in [-0.1, -0.05) is 6.07 Å². The predicted octanol–water partition coefficient (Wildman–Crippen LogP) is 2.15. The Kier molecular flexibility index (Phi) is 7.46. The van der Waals surface area contributed by atoms with E-state index in [0.29, 0.717) is 23.9 Å². The average molecular weight is 482 g/mol. The fraction of sp³-hybridized carbons (Fsp3) is 0.174. The molecule has 35 heavy (non-hydrogen) atoms. The van der Waals surface area contributed by atoms with Gasteiger partial charge >= 0.3 is 17.9 Å². The smallest absolute Gasteiger partial charge is 0.340 e. The van der Waals surface area contributed by atoms with Crippen molar-refractivity contribution in [2.24, 2.45) is 0 Å². The molecular weight excluding hydrogens is 460 g/mol. The van der Waals surface area contributed by atoms with Crippen LogP contribution < -0.4 is 5.32 Å². The lowest BCUT2D eigenvalue weighted by atomic mass is 10.0. The second kappa shape index (κ2) is 10.5. The number of benzene rings is 2. The van der Waals surface area contributed by atoms with Crippen LogP contribution in [0.25, 0.3) is 11.3 Å². The van der Waals surface area contributed by atoms with Gasteiger partial charge in [0.25, 0.3) is 5.91 Å². The lowest BCUT2D eigenvalue weighted by Crippen LogP contribution is -2.22. The van der Waals surface area contributed by atoms with Gasteiger partial charge in [-0.15, -0.1) is 0 Å². The summed E-state index contributed by atoms with van der Waals surface area (Å²) in [4.78, 5) is 57.3. The minimum atomic E-state index is -1.57. The normalized spacial score (nSPS) is 10.7. The predicted molar refractivity (Wildman–Crippen MR) is 123 cm³/mol. The molecular formula is C23H22N4O8. The molecule has 3 rings (SSSR count). The number of anilines is 1. The number of hydrogen-bond donors (Lipinski definition) is 5. The highest BCUT2D eigenvalue weighted by Gasteiger charge is 2.24. The van der Waals surface area contributed by atoms with E-state index in [-0.39, 0.29) is 17.9 Å². The first-order valence-electron chi connectivity index (χ1n) is 10.2. The Bertz CT molecular complexity index is 1280. The van der Waals surface area contributed by atoms with Crippen LogP contribution in [-0.2, 0) is 4.74 Å². The van der Waals surface area contributed by atoms with Gasteiger partial charge in [-0.3, -0.25) is 4.79 Å². The Morgan fingerprint density at radius 1 is 1.00 bits per heavy atom. The van der Waals surface area contributed by atoms with Gasteiger partial charge in [0, 0.05) is 12.1 Å². The Morgan fingerprint density at radius 3 is 2.31 bits per heavy atom. The molecule has 12 nitrogen and oxygen atoms in total. The summed E-state index contributed by atoms with van der Waals surface area (Å²) in [5.74, 6) is -5.63. The fourth-order valence-corrected chi connectivity index (χ4v) is 3.12. The molecule has 12 heteroatoms. The Morgan fingerprint density at radius 2 is 1.71 bits per heavy atom. The Hall–Kier alpha value is -4.71. The molecule has 0 atom stereocenters. The Labute approximate surface area is 198 Å². The molecule has 1 heterocycles. The quantitative estimate of drug-likeness (QED) is 0.283. The maximum Gasteiger partial charge on any atom is 0.340 e. The monoisotopic (exact) mass is 482 g/mol. The van der Waals surface area contributed by atoms with Gasteiger partial charge in [0.15, 0.2) is 0 Å². The number of aromatic amines is 1. The van der Waals surface area contributed by atoms with Crippen molar-refractivity contribution in [3.8, 4) is 17.0 Å². The zero-order chi connectivity index (χ0) is 25.7. The number of phenols is 1. The van der Waals surface area contributed by atoms with Crippen LogP contribution in [0.1, 0.15) is 41.4 Å². The number of rotatable bonds is 9. The van der Waals surface area contributed by atoms with E-state index < -0.39 is 46.3 Å². The number of carboxylic acids is 2. The number of likely N-dealkylation sites (N-methyl/N-ethyl adjacent to an activating group) is 1. The number of ether oxygens (including phenoxy) is 1. The van der Waals surface area contributed by atoms with E-state index in [1.165, 1.54) is 18.5 Å². The van der Waals surface area contributed by atoms with Crippen molar-refractivity contribution in [2.75, 3.05) is 32.6 Å². The number of amides is 1. The number of aromatic hydroxyl groups is 1. The average Bonchev–Trinajstić information content (AvgIpc) is 3.33. The van der Waals surface area contributed by atoms with Gasteiger partial charge in [0.05, 0.1) is 40.6 Å². The lowest BCUT2D eigenvalue weighted by molar-refractivity contribution is 0.0482. The largest absolute Gasteiger partial charge is 0.507 e. The summed E-state index contributed by atoms with van der Waals surface area (Å²) < 4.78 is 5.31. The third-order valence-corrected chi connectivity index (χ3v) is 4.91. The van der Waals surface area contributed by atoms with Crippen molar-refractivity contribution < 1.29 is 39.2 Å². The molecule has 0 aliphatic rings. The zero-order valence-electron chi connectivity index (χ0n) is 18.7. The van der Waals surface area contributed by atoms with E-state index in [2.05, 4.69) is 15.3 Å². The molecule has 0 aliphatic heterocycles. The minimum absolute atomic E-state index is 0.00698. The third kappa shape index (κ3) is 5.81. The van der Waals surface area contributed by atoms with Gasteiger partial charge in [-0.05, 0) is 38.4 Å². The van der Waals surface area contributed by atoms with Crippen LogP contribution in [0.4, 0.5) is 5.69 Å². The zero-order valence-corrected chi connectivity index (χ0v) is 18.7. The van der Waals surface area contributed by atoms with E-state index in [1.807, 2.05) is 19.0 Å². The Balaban J connectivity index is 1.99. The first-order chi connectivity index (χ1) is 16.6. The molecule has 1 aromatic heterocycles. The number of H-pyrrole nitrogens is 1. The summed E-state index contributed by atoms with van der Waals surface area (Å²) >= 11 is 0. The number of carbonyl (C=O) groups is 4. The van der Waals surface area contributed by atoms with Gasteiger partial charge in [-0.2, -0.15) is 0 Å². The molecule has 2 aromatic carbocycles. The van der Waals surface area contributed by atoms with Crippen LogP contribution in [0.15, 0.2) is 42.9 Å². The summed E-state index contributed by atoms with van der Waals surface area (Å²) in [7, 11) is 3.62. The van der Waals surface area contributed by atoms with Crippen molar-refractivity contribution in [1.29, 1.82) is 0 Å². The van der Waals surface area contributed by atoms with Crippen LogP contribution in [-0.4, -0.2) is 81.2 Å². The van der Waals surface area contributed by atoms with E-state index in [1.54, 1.807) is 12.3 Å². The maximum atomic E-state index is 13.0. The van der Waals surface area contributed by atoms with E-state index in [4.69, 9.17) is 9.84 Å². The molecule has 3 aromatic rings. The highest BCUT2D eigenvalue weighted by atomic mass is 16.5. The van der Waals surface area contributed by atoms with Gasteiger partial charge in [0.2, 0.25) is 0 Å². The molecule has 5 N–H and O–H groups in total.